The Bertz CT molecular complexity index is 891. The number of fused-ring (bicyclic) bond motifs is 2. The highest BCUT2D eigenvalue weighted by Gasteiger charge is 2.54. The number of ether oxygens (including phenoxy) is 1. The van der Waals surface area contributed by atoms with Gasteiger partial charge in [-0.15, -0.1) is 0 Å². The van der Waals surface area contributed by atoms with Gasteiger partial charge >= 0.3 is 0 Å². The highest BCUT2D eigenvalue weighted by atomic mass is 16.5. The van der Waals surface area contributed by atoms with Crippen molar-refractivity contribution in [2.24, 2.45) is 5.92 Å². The largest absolute Gasteiger partial charge is 0.497 e. The molecule has 146 valence electrons. The number of aryl methyl sites for hydroxylation is 1. The van der Waals surface area contributed by atoms with Crippen LogP contribution >= 0.6 is 0 Å². The summed E-state index contributed by atoms with van der Waals surface area (Å²) >= 11 is 0. The normalized spacial score (nSPS) is 30.9. The number of carbonyl (C=O) groups excluding carboxylic acids is 1. The third kappa shape index (κ3) is 2.72. The Labute approximate surface area is 166 Å². The molecular weight excluding hydrogens is 350 g/mol. The maximum Gasteiger partial charge on any atom is 0.256 e. The minimum absolute atomic E-state index is 0.139. The monoisotopic (exact) mass is 377 g/mol. The Hall–Kier alpha value is -2.40. The summed E-state index contributed by atoms with van der Waals surface area (Å²) in [4.78, 5) is 22.5. The topological polar surface area (TPSA) is 45.7 Å². The van der Waals surface area contributed by atoms with E-state index < -0.39 is 0 Å². The summed E-state index contributed by atoms with van der Waals surface area (Å²) in [5.41, 5.74) is 3.02. The Morgan fingerprint density at radius 1 is 1.18 bits per heavy atom. The lowest BCUT2D eigenvalue weighted by Crippen LogP contribution is -2.60. The molecule has 1 aromatic carbocycles. The smallest absolute Gasteiger partial charge is 0.256 e. The summed E-state index contributed by atoms with van der Waals surface area (Å²) in [6.07, 6.45) is 5.88. The molecule has 5 nitrogen and oxygen atoms in total. The van der Waals surface area contributed by atoms with E-state index in [1.54, 1.807) is 19.5 Å². The van der Waals surface area contributed by atoms with Gasteiger partial charge < -0.3 is 9.64 Å². The SMILES string of the molecule is COc1cccc([C@H]2CN(C(=O)c3cnccc3C)[C@H]3C4CCN(CC4)[C@@H]23)c1. The van der Waals surface area contributed by atoms with Crippen molar-refractivity contribution in [2.75, 3.05) is 26.7 Å². The lowest BCUT2D eigenvalue weighted by molar-refractivity contribution is -0.00345. The third-order valence-electron chi connectivity index (χ3n) is 7.05. The molecule has 4 fully saturated rings. The van der Waals surface area contributed by atoms with Gasteiger partial charge in [0.05, 0.1) is 18.7 Å². The molecule has 0 saturated carbocycles. The van der Waals surface area contributed by atoms with Gasteiger partial charge in [0.2, 0.25) is 0 Å². The molecular formula is C23H27N3O2. The molecule has 6 rings (SSSR count). The third-order valence-corrected chi connectivity index (χ3v) is 7.05. The minimum Gasteiger partial charge on any atom is -0.497 e. The standard InChI is InChI=1S/C23H27N3O2/c1-15-6-9-24-13-19(15)23(27)26-14-20(17-4-3-5-18(12-17)28-2)22-21(26)16-7-10-25(22)11-8-16/h3-6,9,12-13,16,20-22H,7-8,10-11,14H2,1-2H3/t20-,21+,22+/m1/s1. The maximum absolute atomic E-state index is 13.5. The Morgan fingerprint density at radius 3 is 2.75 bits per heavy atom. The van der Waals surface area contributed by atoms with Gasteiger partial charge in [0.1, 0.15) is 5.75 Å². The van der Waals surface area contributed by atoms with E-state index in [1.165, 1.54) is 18.4 Å². The van der Waals surface area contributed by atoms with Crippen LogP contribution in [0.1, 0.15) is 40.2 Å². The van der Waals surface area contributed by atoms with Crippen molar-refractivity contribution in [3.8, 4) is 5.75 Å². The first-order chi connectivity index (χ1) is 13.7. The fourth-order valence-electron chi connectivity index (χ4n) is 5.66. The van der Waals surface area contributed by atoms with E-state index in [9.17, 15) is 4.79 Å². The molecule has 0 spiro atoms. The van der Waals surface area contributed by atoms with Crippen molar-refractivity contribution in [1.29, 1.82) is 0 Å². The lowest BCUT2D eigenvalue weighted by Gasteiger charge is -2.51. The Balaban J connectivity index is 1.54. The zero-order valence-corrected chi connectivity index (χ0v) is 16.5. The number of benzene rings is 1. The van der Waals surface area contributed by atoms with Gasteiger partial charge in [-0.2, -0.15) is 0 Å². The molecule has 0 aliphatic carbocycles. The van der Waals surface area contributed by atoms with Crippen molar-refractivity contribution < 1.29 is 9.53 Å². The zero-order valence-electron chi connectivity index (χ0n) is 16.5. The number of nitrogens with zero attached hydrogens (tertiary/aromatic N) is 3. The minimum atomic E-state index is 0.139. The summed E-state index contributed by atoms with van der Waals surface area (Å²) in [6, 6.07) is 11.0. The first kappa shape index (κ1) is 17.7. The molecule has 5 heteroatoms. The number of likely N-dealkylation sites (tertiary alicyclic amines) is 1. The van der Waals surface area contributed by atoms with Gasteiger partial charge in [0.15, 0.2) is 0 Å². The van der Waals surface area contributed by atoms with Gasteiger partial charge in [-0.1, -0.05) is 12.1 Å². The van der Waals surface area contributed by atoms with Crippen LogP contribution < -0.4 is 4.74 Å². The van der Waals surface area contributed by atoms with Crippen LogP contribution in [0, 0.1) is 12.8 Å². The van der Waals surface area contributed by atoms with E-state index in [0.717, 1.165) is 36.5 Å². The van der Waals surface area contributed by atoms with Gasteiger partial charge in [0, 0.05) is 30.9 Å². The lowest BCUT2D eigenvalue weighted by atomic mass is 9.75. The van der Waals surface area contributed by atoms with Crippen LogP contribution in [0.5, 0.6) is 5.75 Å². The van der Waals surface area contributed by atoms with Crippen LogP contribution in [0.2, 0.25) is 0 Å². The molecule has 5 heterocycles. The van der Waals surface area contributed by atoms with Crippen molar-refractivity contribution in [1.82, 2.24) is 14.8 Å². The first-order valence-electron chi connectivity index (χ1n) is 10.3. The van der Waals surface area contributed by atoms with Crippen LogP contribution in [0.25, 0.3) is 0 Å². The second-order valence-electron chi connectivity index (χ2n) is 8.39. The van der Waals surface area contributed by atoms with E-state index in [4.69, 9.17) is 4.74 Å². The van der Waals surface area contributed by atoms with Crippen LogP contribution in [-0.4, -0.2) is 59.5 Å². The highest BCUT2D eigenvalue weighted by molar-refractivity contribution is 5.96. The number of pyridine rings is 1. The first-order valence-corrected chi connectivity index (χ1v) is 10.3. The van der Waals surface area contributed by atoms with Crippen molar-refractivity contribution in [2.45, 2.75) is 37.8 Å². The van der Waals surface area contributed by atoms with Gasteiger partial charge in [-0.3, -0.25) is 14.7 Å². The Morgan fingerprint density at radius 2 is 2.00 bits per heavy atom. The highest BCUT2D eigenvalue weighted by Crippen LogP contribution is 2.47. The van der Waals surface area contributed by atoms with Crippen LogP contribution in [0.15, 0.2) is 42.7 Å². The average Bonchev–Trinajstić information content (AvgIpc) is 3.17. The quantitative estimate of drug-likeness (QED) is 0.825. The summed E-state index contributed by atoms with van der Waals surface area (Å²) < 4.78 is 5.47. The molecule has 4 saturated heterocycles. The van der Waals surface area contributed by atoms with E-state index in [-0.39, 0.29) is 5.91 Å². The summed E-state index contributed by atoms with van der Waals surface area (Å²) in [5.74, 6) is 1.95. The number of amides is 1. The Kier molecular flexibility index (Phi) is 4.35. The molecule has 28 heavy (non-hydrogen) atoms. The maximum atomic E-state index is 13.5. The second kappa shape index (κ2) is 6.89. The second-order valence-corrected chi connectivity index (χ2v) is 8.39. The summed E-state index contributed by atoms with van der Waals surface area (Å²) in [7, 11) is 1.71. The molecule has 1 amide bonds. The number of aromatic nitrogens is 1. The number of hydrogen-bond donors (Lipinski definition) is 0. The predicted molar refractivity (Wildman–Crippen MR) is 108 cm³/mol. The predicted octanol–water partition coefficient (Wildman–Crippen LogP) is 3.10. The summed E-state index contributed by atoms with van der Waals surface area (Å²) in [5, 5.41) is 0. The number of carbonyl (C=O) groups is 1. The number of piperidine rings is 3. The van der Waals surface area contributed by atoms with Crippen LogP contribution in [0.4, 0.5) is 0 Å². The van der Waals surface area contributed by atoms with Gasteiger partial charge in [0.25, 0.3) is 5.91 Å². The number of methoxy groups -OCH3 is 1. The molecule has 0 unspecified atom stereocenters. The molecule has 4 aliphatic heterocycles. The van der Waals surface area contributed by atoms with Crippen molar-refractivity contribution >= 4 is 5.91 Å². The molecule has 0 N–H and O–H groups in total. The van der Waals surface area contributed by atoms with E-state index in [2.05, 4.69) is 33.0 Å². The van der Waals surface area contributed by atoms with Crippen LogP contribution in [0.3, 0.4) is 0 Å². The average molecular weight is 377 g/mol. The van der Waals surface area contributed by atoms with E-state index in [1.807, 2.05) is 19.1 Å². The fraction of sp³-hybridized carbons (Fsp3) is 0.478. The van der Waals surface area contributed by atoms with Crippen LogP contribution in [-0.2, 0) is 0 Å². The molecule has 3 atom stereocenters. The fourth-order valence-corrected chi connectivity index (χ4v) is 5.66. The van der Waals surface area contributed by atoms with Gasteiger partial charge in [-0.05, 0) is 68.1 Å². The van der Waals surface area contributed by atoms with Crippen molar-refractivity contribution in [3.63, 3.8) is 0 Å². The van der Waals surface area contributed by atoms with E-state index >= 15 is 0 Å². The molecule has 4 aliphatic rings. The molecule has 0 radical (unpaired) electrons. The molecule has 1 aromatic heterocycles. The molecule has 2 bridgehead atoms. The zero-order chi connectivity index (χ0) is 19.3. The summed E-state index contributed by atoms with van der Waals surface area (Å²) in [6.45, 7) is 5.07. The van der Waals surface area contributed by atoms with E-state index in [0.29, 0.717) is 23.9 Å². The van der Waals surface area contributed by atoms with Gasteiger partial charge in [-0.25, -0.2) is 0 Å². The van der Waals surface area contributed by atoms with Crippen molar-refractivity contribution in [3.05, 3.63) is 59.4 Å². The number of rotatable bonds is 3. The molecule has 2 aromatic rings. The number of hydrogen-bond acceptors (Lipinski definition) is 4.